The summed E-state index contributed by atoms with van der Waals surface area (Å²) in [6, 6.07) is 22.9. The Morgan fingerprint density at radius 1 is 0.971 bits per heavy atom. The van der Waals surface area contributed by atoms with E-state index in [0.29, 0.717) is 11.3 Å². The summed E-state index contributed by atoms with van der Waals surface area (Å²) < 4.78 is 43.0. The van der Waals surface area contributed by atoms with Crippen molar-refractivity contribution in [3.63, 3.8) is 0 Å². The number of aryl methyl sites for hydroxylation is 1. The molecule has 0 amide bonds. The molecule has 173 valence electrons. The molecule has 4 aromatic rings. The third-order valence-corrected chi connectivity index (χ3v) is 4.89. The molecule has 0 unspecified atom stereocenters. The normalized spacial score (nSPS) is 11.1. The number of hydrogen-bond donors (Lipinski definition) is 1. The van der Waals surface area contributed by atoms with Gasteiger partial charge in [-0.3, -0.25) is 0 Å². The molecular formula is C27H25BF3N2O. The van der Waals surface area contributed by atoms with Gasteiger partial charge in [0.05, 0.1) is 12.7 Å². The van der Waals surface area contributed by atoms with Crippen molar-refractivity contribution in [1.82, 2.24) is 9.97 Å². The van der Waals surface area contributed by atoms with Crippen LogP contribution in [0, 0.1) is 6.92 Å². The lowest BCUT2D eigenvalue weighted by atomic mass is 9.69. The SMILES string of the molecule is COc1ccccc1[B]C=Cc1cccc(C(F)(F)F)c1.Cc1cnc(Cc2ccccc2)[nH]1. The first kappa shape index (κ1) is 24.9. The van der Waals surface area contributed by atoms with Gasteiger partial charge in [0.2, 0.25) is 0 Å². The molecule has 1 N–H and O–H groups in total. The van der Waals surface area contributed by atoms with Crippen molar-refractivity contribution in [3.05, 3.63) is 119 Å². The molecule has 4 rings (SSSR count). The Hall–Kier alpha value is -3.74. The zero-order valence-electron chi connectivity index (χ0n) is 19.0. The van der Waals surface area contributed by atoms with Gasteiger partial charge in [0.15, 0.2) is 7.28 Å². The van der Waals surface area contributed by atoms with E-state index in [1.807, 2.05) is 55.6 Å². The van der Waals surface area contributed by atoms with E-state index >= 15 is 0 Å². The van der Waals surface area contributed by atoms with Crippen LogP contribution in [0.25, 0.3) is 6.08 Å². The molecule has 1 heterocycles. The molecule has 0 saturated carbocycles. The first-order valence-electron chi connectivity index (χ1n) is 10.7. The number of nitrogens with one attached hydrogen (secondary N) is 1. The molecule has 0 aliphatic rings. The summed E-state index contributed by atoms with van der Waals surface area (Å²) in [6.45, 7) is 2.02. The average Bonchev–Trinajstić information content (AvgIpc) is 3.24. The Balaban J connectivity index is 0.000000212. The highest BCUT2D eigenvalue weighted by atomic mass is 19.4. The van der Waals surface area contributed by atoms with Crippen LogP contribution in [-0.4, -0.2) is 24.4 Å². The molecule has 3 nitrogen and oxygen atoms in total. The number of benzene rings is 3. The van der Waals surface area contributed by atoms with Crippen LogP contribution >= 0.6 is 0 Å². The summed E-state index contributed by atoms with van der Waals surface area (Å²) in [7, 11) is 3.36. The van der Waals surface area contributed by atoms with Crippen LogP contribution < -0.4 is 10.2 Å². The fourth-order valence-electron chi connectivity index (χ4n) is 3.23. The largest absolute Gasteiger partial charge is 0.497 e. The topological polar surface area (TPSA) is 37.9 Å². The maximum Gasteiger partial charge on any atom is 0.416 e. The number of rotatable bonds is 6. The molecule has 7 heteroatoms. The number of aromatic nitrogens is 2. The maximum atomic E-state index is 12.6. The van der Waals surface area contributed by atoms with Crippen molar-refractivity contribution >= 4 is 18.8 Å². The predicted octanol–water partition coefficient (Wildman–Crippen LogP) is 6.02. The van der Waals surface area contributed by atoms with Gasteiger partial charge in [0, 0.05) is 18.3 Å². The van der Waals surface area contributed by atoms with Crippen molar-refractivity contribution in [3.8, 4) is 5.75 Å². The van der Waals surface area contributed by atoms with Gasteiger partial charge in [-0.25, -0.2) is 4.98 Å². The van der Waals surface area contributed by atoms with Gasteiger partial charge in [0.25, 0.3) is 0 Å². The Morgan fingerprint density at radius 3 is 2.38 bits per heavy atom. The van der Waals surface area contributed by atoms with E-state index < -0.39 is 11.7 Å². The lowest BCUT2D eigenvalue weighted by molar-refractivity contribution is -0.137. The fourth-order valence-corrected chi connectivity index (χ4v) is 3.23. The van der Waals surface area contributed by atoms with Crippen LogP contribution in [0.15, 0.2) is 91.0 Å². The molecule has 1 aromatic heterocycles. The molecule has 0 saturated heterocycles. The third kappa shape index (κ3) is 7.69. The number of aromatic amines is 1. The molecule has 3 aromatic carbocycles. The monoisotopic (exact) mass is 461 g/mol. The van der Waals surface area contributed by atoms with E-state index in [1.54, 1.807) is 32.5 Å². The summed E-state index contributed by atoms with van der Waals surface area (Å²) in [4.78, 5) is 7.47. The average molecular weight is 461 g/mol. The number of halogens is 3. The predicted molar refractivity (Wildman–Crippen MR) is 131 cm³/mol. The number of hydrogen-bond acceptors (Lipinski definition) is 2. The highest BCUT2D eigenvalue weighted by molar-refractivity contribution is 6.60. The van der Waals surface area contributed by atoms with E-state index in [2.05, 4.69) is 22.1 Å². The van der Waals surface area contributed by atoms with Gasteiger partial charge in [-0.1, -0.05) is 66.7 Å². The van der Waals surface area contributed by atoms with Crippen molar-refractivity contribution in [1.29, 1.82) is 0 Å². The number of alkyl halides is 3. The molecule has 0 aliphatic heterocycles. The Kier molecular flexibility index (Phi) is 8.74. The summed E-state index contributed by atoms with van der Waals surface area (Å²) in [5, 5.41) is 0. The third-order valence-electron chi connectivity index (χ3n) is 4.89. The summed E-state index contributed by atoms with van der Waals surface area (Å²) in [6.07, 6.45) is 0.0465. The maximum absolute atomic E-state index is 12.6. The quantitative estimate of drug-likeness (QED) is 0.357. The van der Waals surface area contributed by atoms with Gasteiger partial charge in [-0.2, -0.15) is 13.2 Å². The summed E-state index contributed by atoms with van der Waals surface area (Å²) in [5.74, 6) is 3.45. The highest BCUT2D eigenvalue weighted by Crippen LogP contribution is 2.29. The van der Waals surface area contributed by atoms with Crippen LogP contribution in [0.2, 0.25) is 0 Å². The second-order valence-electron chi connectivity index (χ2n) is 7.57. The van der Waals surface area contributed by atoms with Crippen LogP contribution in [0.3, 0.4) is 0 Å². The lowest BCUT2D eigenvalue weighted by Gasteiger charge is -2.07. The number of ether oxygens (including phenoxy) is 1. The molecule has 0 spiro atoms. The smallest absolute Gasteiger partial charge is 0.416 e. The minimum Gasteiger partial charge on any atom is -0.497 e. The van der Waals surface area contributed by atoms with Gasteiger partial charge in [0.1, 0.15) is 11.6 Å². The first-order valence-corrected chi connectivity index (χ1v) is 10.7. The van der Waals surface area contributed by atoms with E-state index in [9.17, 15) is 13.2 Å². The van der Waals surface area contributed by atoms with E-state index in [1.165, 1.54) is 11.6 Å². The van der Waals surface area contributed by atoms with Crippen LogP contribution in [0.1, 0.15) is 28.2 Å². The second-order valence-corrected chi connectivity index (χ2v) is 7.57. The molecular weight excluding hydrogens is 436 g/mol. The summed E-state index contributed by atoms with van der Waals surface area (Å²) in [5.41, 5.74) is 3.11. The van der Waals surface area contributed by atoms with Crippen molar-refractivity contribution in [2.24, 2.45) is 0 Å². The number of methoxy groups -OCH3 is 1. The number of nitrogens with zero attached hydrogens (tertiary/aromatic N) is 1. The van der Waals surface area contributed by atoms with Crippen molar-refractivity contribution < 1.29 is 17.9 Å². The van der Waals surface area contributed by atoms with Crippen LogP contribution in [-0.2, 0) is 12.6 Å². The zero-order valence-corrected chi connectivity index (χ0v) is 19.0. The van der Waals surface area contributed by atoms with Gasteiger partial charge in [-0.05, 0) is 41.7 Å². The fraction of sp³-hybridized carbons (Fsp3) is 0.148. The van der Waals surface area contributed by atoms with Crippen molar-refractivity contribution in [2.45, 2.75) is 19.5 Å². The highest BCUT2D eigenvalue weighted by Gasteiger charge is 2.30. The molecule has 0 atom stereocenters. The number of imidazole rings is 1. The van der Waals surface area contributed by atoms with Gasteiger partial charge < -0.3 is 9.72 Å². The van der Waals surface area contributed by atoms with Crippen LogP contribution in [0.4, 0.5) is 13.2 Å². The molecule has 1 radical (unpaired) electrons. The Labute approximate surface area is 198 Å². The molecule has 0 aliphatic carbocycles. The van der Waals surface area contributed by atoms with E-state index in [0.717, 1.165) is 35.5 Å². The van der Waals surface area contributed by atoms with Crippen LogP contribution in [0.5, 0.6) is 5.75 Å². The molecule has 34 heavy (non-hydrogen) atoms. The lowest BCUT2D eigenvalue weighted by Crippen LogP contribution is -2.14. The number of para-hydroxylation sites is 1. The van der Waals surface area contributed by atoms with Crippen molar-refractivity contribution in [2.75, 3.05) is 7.11 Å². The first-order chi connectivity index (χ1) is 16.3. The van der Waals surface area contributed by atoms with Gasteiger partial charge in [-0.15, -0.1) is 5.98 Å². The van der Waals surface area contributed by atoms with E-state index in [-0.39, 0.29) is 0 Å². The zero-order chi connectivity index (χ0) is 24.4. The van der Waals surface area contributed by atoms with E-state index in [4.69, 9.17) is 4.74 Å². The standard InChI is InChI=1S/C16H13BF3O.C11H12N2/c1-21-15-8-3-2-7-14(15)17-10-9-12-5-4-6-13(11-12)16(18,19)20;1-9-8-12-11(13-9)7-10-5-3-2-4-6-10/h2-11H,1H3;2-6,8H,7H2,1H3,(H,12,13). The Bertz CT molecular complexity index is 1200. The number of H-pyrrole nitrogens is 1. The Morgan fingerprint density at radius 2 is 1.71 bits per heavy atom. The second kappa shape index (κ2) is 11.9. The van der Waals surface area contributed by atoms with Gasteiger partial charge >= 0.3 is 6.18 Å². The minimum atomic E-state index is -4.32. The minimum absolute atomic E-state index is 0.496. The molecule has 0 bridgehead atoms. The summed E-state index contributed by atoms with van der Waals surface area (Å²) >= 11 is 0. The molecule has 0 fully saturated rings.